The Balaban J connectivity index is 2.08. The Labute approximate surface area is 86.2 Å². The molecule has 2 aromatic rings. The lowest BCUT2D eigenvalue weighted by atomic mass is 10.2. The third kappa shape index (κ3) is 2.28. The van der Waals surface area contributed by atoms with Gasteiger partial charge in [0, 0.05) is 0 Å². The summed E-state index contributed by atoms with van der Waals surface area (Å²) in [6.45, 7) is 0.677. The third-order valence-electron chi connectivity index (χ3n) is 1.94. The van der Waals surface area contributed by atoms with Crippen LogP contribution < -0.4 is 5.43 Å². The minimum Gasteiger partial charge on any atom is -0.249 e. The van der Waals surface area contributed by atoms with Crippen molar-refractivity contribution in [1.82, 2.24) is 14.8 Å². The molecule has 1 aromatic carbocycles. The van der Waals surface area contributed by atoms with Crippen LogP contribution in [0.5, 0.6) is 0 Å². The molecule has 0 saturated carbocycles. The van der Waals surface area contributed by atoms with Crippen molar-refractivity contribution >= 4 is 5.69 Å². The quantitative estimate of drug-likeness (QED) is 0.603. The number of hydrogen-bond donors (Lipinski definition) is 1. The monoisotopic (exact) mass is 201 g/mol. The number of nitrogens with zero attached hydrogens (tertiary/aromatic N) is 5. The van der Waals surface area contributed by atoms with E-state index in [9.17, 15) is 0 Å². The number of rotatable bonds is 3. The SMILES string of the molecule is N#[N+]Nc1ccc(Cn2cncn2)cc1. The molecular formula is C9H9N6+. The number of benzene rings is 1. The van der Waals surface area contributed by atoms with Gasteiger partial charge in [0.25, 0.3) is 5.39 Å². The average Bonchev–Trinajstić information content (AvgIpc) is 2.74. The van der Waals surface area contributed by atoms with Crippen LogP contribution in [0.15, 0.2) is 36.9 Å². The van der Waals surface area contributed by atoms with E-state index in [1.54, 1.807) is 11.0 Å². The summed E-state index contributed by atoms with van der Waals surface area (Å²) in [5, 5.41) is 15.1. The van der Waals surface area contributed by atoms with Crippen LogP contribution >= 0.6 is 0 Å². The highest BCUT2D eigenvalue weighted by atomic mass is 15.3. The summed E-state index contributed by atoms with van der Waals surface area (Å²) in [5.41, 5.74) is 4.28. The standard InChI is InChI=1S/C9H9N6/c10-14-13-9-3-1-8(2-4-9)5-15-7-11-6-12-15/h1-4,6-7,13H,5H2/q+1. The molecule has 15 heavy (non-hydrogen) atoms. The first-order valence-corrected chi connectivity index (χ1v) is 4.40. The summed E-state index contributed by atoms with van der Waals surface area (Å²) in [5.74, 6) is 0. The largest absolute Gasteiger partial charge is 0.308 e. The second kappa shape index (κ2) is 4.19. The Kier molecular flexibility index (Phi) is 2.56. The van der Waals surface area contributed by atoms with Crippen LogP contribution in [0.3, 0.4) is 0 Å². The molecule has 1 aromatic heterocycles. The van der Waals surface area contributed by atoms with Crippen molar-refractivity contribution in [2.45, 2.75) is 6.54 Å². The number of anilines is 1. The molecule has 6 nitrogen and oxygen atoms in total. The fourth-order valence-electron chi connectivity index (χ4n) is 1.24. The van der Waals surface area contributed by atoms with Crippen LogP contribution in [-0.4, -0.2) is 14.8 Å². The molecule has 0 radical (unpaired) electrons. The van der Waals surface area contributed by atoms with Gasteiger partial charge in [-0.15, -0.1) is 0 Å². The van der Waals surface area contributed by atoms with Crippen LogP contribution in [0.25, 0.3) is 5.08 Å². The number of nitrogens with one attached hydrogen (secondary N) is 1. The highest BCUT2D eigenvalue weighted by Gasteiger charge is 1.99. The molecule has 0 aliphatic rings. The van der Waals surface area contributed by atoms with Gasteiger partial charge in [-0.2, -0.15) is 5.10 Å². The van der Waals surface area contributed by atoms with E-state index < -0.39 is 0 Å². The average molecular weight is 201 g/mol. The maximum absolute atomic E-state index is 8.29. The molecule has 0 amide bonds. The molecule has 0 saturated heterocycles. The number of hydrogen-bond acceptors (Lipinski definition) is 4. The number of aromatic nitrogens is 3. The second-order valence-electron chi connectivity index (χ2n) is 3.00. The van der Waals surface area contributed by atoms with Crippen molar-refractivity contribution in [3.05, 3.63) is 47.6 Å². The van der Waals surface area contributed by atoms with Crippen molar-refractivity contribution < 1.29 is 0 Å². The van der Waals surface area contributed by atoms with E-state index in [4.69, 9.17) is 5.39 Å². The van der Waals surface area contributed by atoms with Crippen molar-refractivity contribution in [3.8, 4) is 0 Å². The number of diazo groups is 1. The normalized spacial score (nSPS) is 9.53. The fourth-order valence-corrected chi connectivity index (χ4v) is 1.24. The predicted molar refractivity (Wildman–Crippen MR) is 54.3 cm³/mol. The molecule has 1 N–H and O–H groups in total. The van der Waals surface area contributed by atoms with E-state index in [0.29, 0.717) is 6.54 Å². The van der Waals surface area contributed by atoms with Crippen LogP contribution in [0.1, 0.15) is 5.56 Å². The molecule has 6 heteroatoms. The Morgan fingerprint density at radius 2 is 2.13 bits per heavy atom. The molecule has 0 fully saturated rings. The molecule has 0 atom stereocenters. The van der Waals surface area contributed by atoms with E-state index in [0.717, 1.165) is 11.3 Å². The van der Waals surface area contributed by atoms with Crippen LogP contribution in [0.2, 0.25) is 0 Å². The molecule has 0 spiro atoms. The summed E-state index contributed by atoms with van der Waals surface area (Å²) in [6, 6.07) is 7.50. The summed E-state index contributed by atoms with van der Waals surface area (Å²) in [6.07, 6.45) is 3.16. The summed E-state index contributed by atoms with van der Waals surface area (Å²) in [4.78, 5) is 3.86. The zero-order valence-electron chi connectivity index (χ0n) is 7.91. The van der Waals surface area contributed by atoms with Gasteiger partial charge in [-0.3, -0.25) is 0 Å². The molecule has 0 bridgehead atoms. The predicted octanol–water partition coefficient (Wildman–Crippen LogP) is 1.51. The van der Waals surface area contributed by atoms with E-state index in [1.807, 2.05) is 24.3 Å². The molecule has 2 rings (SSSR count). The summed E-state index contributed by atoms with van der Waals surface area (Å²) < 4.78 is 1.73. The van der Waals surface area contributed by atoms with Crippen molar-refractivity contribution in [2.24, 2.45) is 0 Å². The Bertz CT molecular complexity index is 452. The molecule has 0 aliphatic heterocycles. The van der Waals surface area contributed by atoms with Gasteiger partial charge in [0.15, 0.2) is 0 Å². The second-order valence-corrected chi connectivity index (χ2v) is 3.00. The zero-order chi connectivity index (χ0) is 10.5. The summed E-state index contributed by atoms with van der Waals surface area (Å²) >= 11 is 0. The van der Waals surface area contributed by atoms with Crippen molar-refractivity contribution in [1.29, 1.82) is 5.39 Å². The fraction of sp³-hybridized carbons (Fsp3) is 0.111. The van der Waals surface area contributed by atoms with Crippen LogP contribution in [-0.2, 0) is 6.54 Å². The maximum Gasteiger partial charge on any atom is 0.308 e. The molecule has 74 valence electrons. The van der Waals surface area contributed by atoms with Crippen LogP contribution in [0, 0.1) is 5.39 Å². The van der Waals surface area contributed by atoms with Gasteiger partial charge in [0.05, 0.1) is 6.54 Å². The van der Waals surface area contributed by atoms with Crippen LogP contribution in [0.4, 0.5) is 5.69 Å². The Morgan fingerprint density at radius 3 is 2.73 bits per heavy atom. The van der Waals surface area contributed by atoms with Gasteiger partial charge in [0.1, 0.15) is 18.3 Å². The summed E-state index contributed by atoms with van der Waals surface area (Å²) in [7, 11) is 0. The lowest BCUT2D eigenvalue weighted by Crippen LogP contribution is -1.99. The van der Waals surface area contributed by atoms with Crippen molar-refractivity contribution in [2.75, 3.05) is 5.43 Å². The van der Waals surface area contributed by atoms with Crippen molar-refractivity contribution in [3.63, 3.8) is 0 Å². The third-order valence-corrected chi connectivity index (χ3v) is 1.94. The molecule has 1 heterocycles. The maximum atomic E-state index is 8.29. The smallest absolute Gasteiger partial charge is 0.249 e. The minimum absolute atomic E-state index is 0.677. The highest BCUT2D eigenvalue weighted by Crippen LogP contribution is 2.09. The minimum atomic E-state index is 0.677. The van der Waals surface area contributed by atoms with E-state index in [-0.39, 0.29) is 0 Å². The first-order valence-electron chi connectivity index (χ1n) is 4.40. The molecule has 0 unspecified atom stereocenters. The van der Waals surface area contributed by atoms with Gasteiger partial charge in [-0.1, -0.05) is 12.1 Å². The zero-order valence-corrected chi connectivity index (χ0v) is 7.91. The van der Waals surface area contributed by atoms with E-state index >= 15 is 0 Å². The molecule has 0 aliphatic carbocycles. The van der Waals surface area contributed by atoms with E-state index in [1.165, 1.54) is 6.33 Å². The highest BCUT2D eigenvalue weighted by molar-refractivity contribution is 5.45. The van der Waals surface area contributed by atoms with Gasteiger partial charge in [-0.25, -0.2) is 9.67 Å². The lowest BCUT2D eigenvalue weighted by molar-refractivity contribution is 0.685. The lowest BCUT2D eigenvalue weighted by Gasteiger charge is -2.00. The Morgan fingerprint density at radius 1 is 1.33 bits per heavy atom. The molecular weight excluding hydrogens is 192 g/mol. The van der Waals surface area contributed by atoms with Gasteiger partial charge < -0.3 is 0 Å². The topological polar surface area (TPSA) is 70.9 Å². The first-order chi connectivity index (χ1) is 7.38. The Hall–Kier alpha value is -2.42. The van der Waals surface area contributed by atoms with Gasteiger partial charge >= 0.3 is 5.08 Å². The van der Waals surface area contributed by atoms with E-state index in [2.05, 4.69) is 20.6 Å². The van der Waals surface area contributed by atoms with Gasteiger partial charge in [0.2, 0.25) is 0 Å². The first kappa shape index (κ1) is 9.15. The van der Waals surface area contributed by atoms with Gasteiger partial charge in [-0.05, 0) is 23.1 Å².